The molecule has 0 amide bonds. The van der Waals surface area contributed by atoms with Crippen LogP contribution in [0.4, 0.5) is 0 Å². The van der Waals surface area contributed by atoms with Gasteiger partial charge in [-0.15, -0.1) is 0 Å². The van der Waals surface area contributed by atoms with E-state index in [0.29, 0.717) is 23.7 Å². The van der Waals surface area contributed by atoms with Crippen LogP contribution in [0.2, 0.25) is 0 Å². The first-order chi connectivity index (χ1) is 4.83. The van der Waals surface area contributed by atoms with E-state index in [9.17, 15) is 4.79 Å². The topological polar surface area (TPSA) is 17.1 Å². The summed E-state index contributed by atoms with van der Waals surface area (Å²) in [5, 5.41) is 0. The summed E-state index contributed by atoms with van der Waals surface area (Å²) in [5.41, 5.74) is 0. The van der Waals surface area contributed by atoms with Crippen LogP contribution in [0.15, 0.2) is 12.2 Å². The monoisotopic (exact) mass is 136 g/mol. The van der Waals surface area contributed by atoms with Gasteiger partial charge in [-0.3, -0.25) is 0 Å². The van der Waals surface area contributed by atoms with Crippen molar-refractivity contribution in [2.75, 3.05) is 0 Å². The summed E-state index contributed by atoms with van der Waals surface area (Å²) >= 11 is 0. The summed E-state index contributed by atoms with van der Waals surface area (Å²) in [7, 11) is 0. The van der Waals surface area contributed by atoms with Crippen molar-refractivity contribution in [3.05, 3.63) is 12.2 Å². The van der Waals surface area contributed by atoms with E-state index >= 15 is 0 Å². The molecule has 1 nitrogen and oxygen atoms in total. The van der Waals surface area contributed by atoms with Gasteiger partial charge in [-0.1, -0.05) is 19.1 Å². The third-order valence-electron chi connectivity index (χ3n) is 3.08. The lowest BCUT2D eigenvalue weighted by atomic mass is 9.86. The molecule has 2 aliphatic rings. The number of fused-ring (bicyclic) bond motifs is 2. The van der Waals surface area contributed by atoms with Gasteiger partial charge in [0.1, 0.15) is 6.29 Å². The molecule has 0 radical (unpaired) electrons. The maximum absolute atomic E-state index is 10.6. The van der Waals surface area contributed by atoms with Crippen molar-refractivity contribution in [1.82, 2.24) is 0 Å². The molecule has 0 heterocycles. The summed E-state index contributed by atoms with van der Waals surface area (Å²) in [5.74, 6) is 2.22. The maximum Gasteiger partial charge on any atom is 0.123 e. The first kappa shape index (κ1) is 6.14. The quantitative estimate of drug-likeness (QED) is 0.395. The molecule has 0 aromatic heterocycles. The van der Waals surface area contributed by atoms with Crippen LogP contribution >= 0.6 is 0 Å². The minimum absolute atomic E-state index is 0.329. The lowest BCUT2D eigenvalue weighted by Crippen LogP contribution is -2.17. The van der Waals surface area contributed by atoms with E-state index in [1.807, 2.05) is 0 Å². The van der Waals surface area contributed by atoms with Crippen LogP contribution in [-0.2, 0) is 4.79 Å². The lowest BCUT2D eigenvalue weighted by Gasteiger charge is -2.18. The first-order valence-corrected chi connectivity index (χ1v) is 3.96. The highest BCUT2D eigenvalue weighted by Crippen LogP contribution is 2.46. The summed E-state index contributed by atoms with van der Waals surface area (Å²) in [6.07, 6.45) is 6.85. The van der Waals surface area contributed by atoms with E-state index in [-0.39, 0.29) is 0 Å². The third-order valence-corrected chi connectivity index (χ3v) is 3.08. The largest absolute Gasteiger partial charge is 0.303 e. The summed E-state index contributed by atoms with van der Waals surface area (Å²) in [6, 6.07) is 0. The van der Waals surface area contributed by atoms with Crippen LogP contribution < -0.4 is 0 Å². The number of rotatable bonds is 1. The predicted molar refractivity (Wildman–Crippen MR) is 39.5 cm³/mol. The second kappa shape index (κ2) is 1.94. The lowest BCUT2D eigenvalue weighted by molar-refractivity contribution is -0.112. The molecule has 0 N–H and O–H groups in total. The van der Waals surface area contributed by atoms with Crippen LogP contribution in [0.5, 0.6) is 0 Å². The summed E-state index contributed by atoms with van der Waals surface area (Å²) in [6.45, 7) is 2.19. The Balaban J connectivity index is 2.25. The predicted octanol–water partition coefficient (Wildman–Crippen LogP) is 1.64. The van der Waals surface area contributed by atoms with E-state index in [0.717, 1.165) is 6.29 Å². The number of hydrogen-bond acceptors (Lipinski definition) is 1. The highest BCUT2D eigenvalue weighted by atomic mass is 16.1. The van der Waals surface area contributed by atoms with Gasteiger partial charge in [0.2, 0.25) is 0 Å². The molecule has 1 saturated carbocycles. The zero-order valence-electron chi connectivity index (χ0n) is 6.16. The van der Waals surface area contributed by atoms with Crippen molar-refractivity contribution in [3.8, 4) is 0 Å². The molecule has 10 heavy (non-hydrogen) atoms. The Hall–Kier alpha value is -0.590. The molecule has 1 heteroatoms. The summed E-state index contributed by atoms with van der Waals surface area (Å²) in [4.78, 5) is 10.6. The average molecular weight is 136 g/mol. The molecule has 0 spiro atoms. The standard InChI is InChI=1S/C9H12O/c1-6-7-2-3-8(4-7)9(6)5-10/h2-3,5-9H,4H2,1H3/t6-,7+,8-,9-/m0/s1. The Morgan fingerprint density at radius 3 is 2.50 bits per heavy atom. The second-order valence-corrected chi connectivity index (χ2v) is 3.52. The van der Waals surface area contributed by atoms with Crippen LogP contribution in [0.25, 0.3) is 0 Å². The zero-order valence-corrected chi connectivity index (χ0v) is 6.16. The average Bonchev–Trinajstić information content (AvgIpc) is 2.46. The van der Waals surface area contributed by atoms with Crippen molar-refractivity contribution in [3.63, 3.8) is 0 Å². The zero-order chi connectivity index (χ0) is 7.14. The molecule has 2 rings (SSSR count). The van der Waals surface area contributed by atoms with Gasteiger partial charge in [0.25, 0.3) is 0 Å². The number of aldehydes is 1. The normalized spacial score (nSPS) is 50.1. The van der Waals surface area contributed by atoms with Crippen LogP contribution in [0, 0.1) is 23.7 Å². The molecule has 0 aromatic rings. The van der Waals surface area contributed by atoms with E-state index in [1.54, 1.807) is 0 Å². The Labute approximate surface area is 61.1 Å². The van der Waals surface area contributed by atoms with Crippen molar-refractivity contribution >= 4 is 6.29 Å². The number of allylic oxidation sites excluding steroid dienone is 2. The van der Waals surface area contributed by atoms with Crippen LogP contribution in [-0.4, -0.2) is 6.29 Å². The number of carbonyl (C=O) groups is 1. The van der Waals surface area contributed by atoms with Gasteiger partial charge in [0, 0.05) is 5.92 Å². The Kier molecular flexibility index (Phi) is 1.19. The highest BCUT2D eigenvalue weighted by molar-refractivity contribution is 5.57. The molecule has 2 aliphatic carbocycles. The van der Waals surface area contributed by atoms with E-state index in [1.165, 1.54) is 6.42 Å². The fourth-order valence-electron chi connectivity index (χ4n) is 2.33. The van der Waals surface area contributed by atoms with E-state index in [2.05, 4.69) is 19.1 Å². The fraction of sp³-hybridized carbons (Fsp3) is 0.667. The van der Waals surface area contributed by atoms with Crippen LogP contribution in [0.1, 0.15) is 13.3 Å². The molecule has 54 valence electrons. The Morgan fingerprint density at radius 1 is 1.40 bits per heavy atom. The van der Waals surface area contributed by atoms with Gasteiger partial charge in [-0.25, -0.2) is 0 Å². The summed E-state index contributed by atoms with van der Waals surface area (Å²) < 4.78 is 0. The van der Waals surface area contributed by atoms with E-state index < -0.39 is 0 Å². The van der Waals surface area contributed by atoms with Crippen LogP contribution in [0.3, 0.4) is 0 Å². The van der Waals surface area contributed by atoms with Crippen molar-refractivity contribution in [2.45, 2.75) is 13.3 Å². The fourth-order valence-corrected chi connectivity index (χ4v) is 2.33. The van der Waals surface area contributed by atoms with Gasteiger partial charge in [-0.2, -0.15) is 0 Å². The van der Waals surface area contributed by atoms with Crippen molar-refractivity contribution < 1.29 is 4.79 Å². The molecule has 0 aromatic carbocycles. The molecule has 0 aliphatic heterocycles. The van der Waals surface area contributed by atoms with Crippen molar-refractivity contribution in [2.24, 2.45) is 23.7 Å². The minimum atomic E-state index is 0.329. The maximum atomic E-state index is 10.6. The van der Waals surface area contributed by atoms with Gasteiger partial charge in [0.05, 0.1) is 0 Å². The van der Waals surface area contributed by atoms with E-state index in [4.69, 9.17) is 0 Å². The van der Waals surface area contributed by atoms with Gasteiger partial charge in [-0.05, 0) is 24.2 Å². The van der Waals surface area contributed by atoms with Gasteiger partial charge in [0.15, 0.2) is 0 Å². The molecule has 1 fully saturated rings. The number of hydrogen-bond donors (Lipinski definition) is 0. The van der Waals surface area contributed by atoms with Gasteiger partial charge < -0.3 is 4.79 Å². The third kappa shape index (κ3) is 0.606. The van der Waals surface area contributed by atoms with Crippen molar-refractivity contribution in [1.29, 1.82) is 0 Å². The smallest absolute Gasteiger partial charge is 0.123 e. The molecule has 0 saturated heterocycles. The molecular weight excluding hydrogens is 124 g/mol. The SMILES string of the molecule is C[C@@H]1[C@H](C=O)[C@H]2C=C[C@@H]1C2. The highest BCUT2D eigenvalue weighted by Gasteiger charge is 2.41. The molecule has 4 atom stereocenters. The Morgan fingerprint density at radius 2 is 2.10 bits per heavy atom. The first-order valence-electron chi connectivity index (χ1n) is 3.96. The Bertz CT molecular complexity index is 183. The molecular formula is C9H12O. The van der Waals surface area contributed by atoms with Gasteiger partial charge >= 0.3 is 0 Å². The number of carbonyl (C=O) groups excluding carboxylic acids is 1. The minimum Gasteiger partial charge on any atom is -0.303 e. The molecule has 0 unspecified atom stereocenters. The molecule has 2 bridgehead atoms. The second-order valence-electron chi connectivity index (χ2n) is 3.52.